The van der Waals surface area contributed by atoms with Crippen molar-refractivity contribution >= 4 is 34.3 Å². The summed E-state index contributed by atoms with van der Waals surface area (Å²) < 4.78 is 5.31. The van der Waals surface area contributed by atoms with Crippen LogP contribution in [-0.4, -0.2) is 29.3 Å². The third kappa shape index (κ3) is 3.27. The number of esters is 1. The first-order valence-electron chi connectivity index (χ1n) is 9.38. The van der Waals surface area contributed by atoms with Gasteiger partial charge in [0.15, 0.2) is 12.4 Å². The lowest BCUT2D eigenvalue weighted by Crippen LogP contribution is -2.17. The Labute approximate surface area is 167 Å². The van der Waals surface area contributed by atoms with Crippen LogP contribution in [0.3, 0.4) is 0 Å². The largest absolute Gasteiger partial charge is 0.454 e. The average molecular weight is 388 g/mol. The summed E-state index contributed by atoms with van der Waals surface area (Å²) in [5, 5.41) is 3.65. The van der Waals surface area contributed by atoms with Gasteiger partial charge in [-0.15, -0.1) is 0 Å². The number of hydrogen-bond donors (Lipinski definition) is 1. The number of nitrogens with one attached hydrogen (secondary N) is 1. The molecule has 0 fully saturated rings. The number of carbonyl (C=O) groups is 3. The molecule has 3 aromatic rings. The number of aryl methyl sites for hydroxylation is 2. The van der Waals surface area contributed by atoms with Crippen molar-refractivity contribution in [2.45, 2.75) is 26.7 Å². The fourth-order valence-corrected chi connectivity index (χ4v) is 3.71. The van der Waals surface area contributed by atoms with Crippen molar-refractivity contribution < 1.29 is 19.1 Å². The second-order valence-corrected chi connectivity index (χ2v) is 7.23. The van der Waals surface area contributed by atoms with Crippen LogP contribution in [-0.2, 0) is 9.53 Å². The van der Waals surface area contributed by atoms with E-state index in [1.807, 2.05) is 31.2 Å². The van der Waals surface area contributed by atoms with E-state index >= 15 is 0 Å². The molecule has 0 unspecified atom stereocenters. The van der Waals surface area contributed by atoms with E-state index in [1.165, 1.54) is 0 Å². The molecule has 146 valence electrons. The Morgan fingerprint density at radius 3 is 2.69 bits per heavy atom. The molecule has 0 spiro atoms. The summed E-state index contributed by atoms with van der Waals surface area (Å²) in [4.78, 5) is 41.5. The Bertz CT molecular complexity index is 1180. The third-order valence-electron chi connectivity index (χ3n) is 5.36. The molecule has 6 heteroatoms. The zero-order chi connectivity index (χ0) is 20.7. The average Bonchev–Trinajstić information content (AvgIpc) is 2.99. The molecule has 2 aromatic carbocycles. The molecular weight excluding hydrogens is 368 g/mol. The van der Waals surface area contributed by atoms with Crippen molar-refractivity contribution in [1.29, 1.82) is 0 Å². The predicted octanol–water partition coefficient (Wildman–Crippen LogP) is 3.95. The van der Waals surface area contributed by atoms with Crippen molar-refractivity contribution in [3.8, 4) is 0 Å². The monoisotopic (exact) mass is 388 g/mol. The number of fused-ring (bicyclic) bond motifs is 2. The maximum Gasteiger partial charge on any atom is 0.340 e. The van der Waals surface area contributed by atoms with Gasteiger partial charge >= 0.3 is 5.97 Å². The number of nitrogens with zero attached hydrogens (tertiary/aromatic N) is 1. The first kappa shape index (κ1) is 18.8. The SMILES string of the molecule is Cc1nc2ccccc2c(C)c1C(=O)OCC(=O)c1ccc2c(c1)[C@@H](C)C(=O)N2. The minimum atomic E-state index is -0.571. The highest BCUT2D eigenvalue weighted by Crippen LogP contribution is 2.32. The summed E-state index contributed by atoms with van der Waals surface area (Å²) in [7, 11) is 0. The van der Waals surface area contributed by atoms with Crippen molar-refractivity contribution in [2.24, 2.45) is 0 Å². The number of benzene rings is 2. The number of carbonyl (C=O) groups excluding carboxylic acids is 3. The van der Waals surface area contributed by atoms with Crippen molar-refractivity contribution in [3.63, 3.8) is 0 Å². The molecule has 0 saturated carbocycles. The lowest BCUT2D eigenvalue weighted by Gasteiger charge is -2.12. The van der Waals surface area contributed by atoms with Crippen molar-refractivity contribution in [3.05, 3.63) is 70.4 Å². The number of rotatable bonds is 4. The Morgan fingerprint density at radius 2 is 1.90 bits per heavy atom. The topological polar surface area (TPSA) is 85.4 Å². The maximum absolute atomic E-state index is 12.7. The van der Waals surface area contributed by atoms with Gasteiger partial charge in [0.05, 0.1) is 22.7 Å². The first-order chi connectivity index (χ1) is 13.9. The molecule has 4 rings (SSSR count). The lowest BCUT2D eigenvalue weighted by atomic mass is 9.99. The summed E-state index contributed by atoms with van der Waals surface area (Å²) in [6.45, 7) is 5.01. The predicted molar refractivity (Wildman–Crippen MR) is 109 cm³/mol. The number of pyridine rings is 1. The highest BCUT2D eigenvalue weighted by atomic mass is 16.5. The van der Waals surface area contributed by atoms with Crippen LogP contribution < -0.4 is 5.32 Å². The number of para-hydroxylation sites is 1. The fraction of sp³-hybridized carbons (Fsp3) is 0.217. The molecular formula is C23H20N2O4. The first-order valence-corrected chi connectivity index (χ1v) is 9.38. The van der Waals surface area contributed by atoms with Gasteiger partial charge in [0, 0.05) is 16.6 Å². The molecule has 1 aromatic heterocycles. The second-order valence-electron chi connectivity index (χ2n) is 7.23. The van der Waals surface area contributed by atoms with Crippen molar-refractivity contribution in [2.75, 3.05) is 11.9 Å². The molecule has 0 aliphatic carbocycles. The van der Waals surface area contributed by atoms with Crippen LogP contribution in [0.1, 0.15) is 50.4 Å². The Hall–Kier alpha value is -3.54. The number of anilines is 1. The quantitative estimate of drug-likeness (QED) is 0.540. The van der Waals surface area contributed by atoms with Gasteiger partial charge in [0.2, 0.25) is 5.91 Å². The zero-order valence-corrected chi connectivity index (χ0v) is 16.4. The molecule has 1 aliphatic rings. The van der Waals surface area contributed by atoms with Crippen LogP contribution in [0.4, 0.5) is 5.69 Å². The van der Waals surface area contributed by atoms with E-state index in [9.17, 15) is 14.4 Å². The number of Topliss-reactive ketones (excluding diaryl/α,β-unsaturated/α-hetero) is 1. The van der Waals surface area contributed by atoms with Crippen molar-refractivity contribution in [1.82, 2.24) is 4.98 Å². The van der Waals surface area contributed by atoms with Crippen LogP contribution in [0.2, 0.25) is 0 Å². The number of aromatic nitrogens is 1. The number of hydrogen-bond acceptors (Lipinski definition) is 5. The fourth-order valence-electron chi connectivity index (χ4n) is 3.71. The molecule has 1 aliphatic heterocycles. The minimum Gasteiger partial charge on any atom is -0.454 e. The molecule has 6 nitrogen and oxygen atoms in total. The Kier molecular flexibility index (Phi) is 4.62. The lowest BCUT2D eigenvalue weighted by molar-refractivity contribution is -0.116. The number of amides is 1. The molecule has 0 bridgehead atoms. The Morgan fingerprint density at radius 1 is 1.14 bits per heavy atom. The molecule has 1 amide bonds. The van der Waals surface area contributed by atoms with Gasteiger partial charge in [-0.2, -0.15) is 0 Å². The maximum atomic E-state index is 12.7. The summed E-state index contributed by atoms with van der Waals surface area (Å²) in [5.41, 5.74) is 4.43. The zero-order valence-electron chi connectivity index (χ0n) is 16.4. The van der Waals surface area contributed by atoms with E-state index < -0.39 is 5.97 Å². The van der Waals surface area contributed by atoms with Gasteiger partial charge in [0.25, 0.3) is 0 Å². The van der Waals surface area contributed by atoms with Crippen LogP contribution in [0.25, 0.3) is 10.9 Å². The van der Waals surface area contributed by atoms with Gasteiger partial charge < -0.3 is 10.1 Å². The van der Waals surface area contributed by atoms with Gasteiger partial charge in [-0.3, -0.25) is 14.6 Å². The Balaban J connectivity index is 1.53. The normalized spacial score (nSPS) is 15.1. The minimum absolute atomic E-state index is 0.0919. The van der Waals surface area contributed by atoms with Gasteiger partial charge in [-0.25, -0.2) is 4.79 Å². The molecule has 0 saturated heterocycles. The molecule has 1 N–H and O–H groups in total. The van der Waals surface area contributed by atoms with E-state index in [4.69, 9.17) is 4.74 Å². The van der Waals surface area contributed by atoms with E-state index in [-0.39, 0.29) is 24.2 Å². The standard InChI is InChI=1S/C23H20N2O4/c1-12-16-6-4-5-7-18(16)24-14(3)21(12)23(28)29-11-20(26)15-8-9-19-17(10-15)13(2)22(27)25-19/h4-10,13H,11H2,1-3H3,(H,25,27)/t13-/m1/s1. The molecule has 0 radical (unpaired) electrons. The number of ether oxygens (including phenoxy) is 1. The summed E-state index contributed by atoms with van der Waals surface area (Å²) in [6.07, 6.45) is 0. The summed E-state index contributed by atoms with van der Waals surface area (Å²) >= 11 is 0. The highest BCUT2D eigenvalue weighted by molar-refractivity contribution is 6.05. The molecule has 29 heavy (non-hydrogen) atoms. The third-order valence-corrected chi connectivity index (χ3v) is 5.36. The summed E-state index contributed by atoms with van der Waals surface area (Å²) in [5.74, 6) is -1.30. The molecule has 1 atom stereocenters. The molecule has 2 heterocycles. The van der Waals surface area contributed by atoms with Crippen LogP contribution in [0.5, 0.6) is 0 Å². The summed E-state index contributed by atoms with van der Waals surface area (Å²) in [6, 6.07) is 12.6. The van der Waals surface area contributed by atoms with Crippen LogP contribution >= 0.6 is 0 Å². The number of ketones is 1. The van der Waals surface area contributed by atoms with Crippen LogP contribution in [0.15, 0.2) is 42.5 Å². The van der Waals surface area contributed by atoms with Gasteiger partial charge in [0.1, 0.15) is 0 Å². The van der Waals surface area contributed by atoms with E-state index in [2.05, 4.69) is 10.3 Å². The van der Waals surface area contributed by atoms with E-state index in [1.54, 1.807) is 32.0 Å². The second kappa shape index (κ2) is 7.13. The van der Waals surface area contributed by atoms with Crippen LogP contribution in [0, 0.1) is 13.8 Å². The van der Waals surface area contributed by atoms with E-state index in [0.717, 1.165) is 22.0 Å². The van der Waals surface area contributed by atoms with Gasteiger partial charge in [-0.1, -0.05) is 18.2 Å². The highest BCUT2D eigenvalue weighted by Gasteiger charge is 2.27. The smallest absolute Gasteiger partial charge is 0.340 e. The van der Waals surface area contributed by atoms with Gasteiger partial charge in [-0.05, 0) is 56.2 Å². The van der Waals surface area contributed by atoms with E-state index in [0.29, 0.717) is 22.5 Å².